The van der Waals surface area contributed by atoms with E-state index < -0.39 is 0 Å². The van der Waals surface area contributed by atoms with Crippen LogP contribution in [0.4, 0.5) is 11.6 Å². The fraction of sp³-hybridized carbons (Fsp3) is 0.350. The van der Waals surface area contributed by atoms with Gasteiger partial charge in [-0.2, -0.15) is 10.4 Å². The van der Waals surface area contributed by atoms with E-state index in [-0.39, 0.29) is 0 Å². The van der Waals surface area contributed by atoms with Crippen molar-refractivity contribution in [3.8, 4) is 11.9 Å². The number of anilines is 2. The zero-order valence-corrected chi connectivity index (χ0v) is 17.3. The maximum Gasteiger partial charge on any atom is 0.159 e. The van der Waals surface area contributed by atoms with Crippen LogP contribution in [0.2, 0.25) is 5.02 Å². The lowest BCUT2D eigenvalue weighted by Crippen LogP contribution is -2.47. The third-order valence-corrected chi connectivity index (χ3v) is 5.17. The second kappa shape index (κ2) is 7.68. The second-order valence-electron chi connectivity index (χ2n) is 7.09. The minimum atomic E-state index is 0.463. The Bertz CT molecular complexity index is 1090. The molecule has 1 saturated heterocycles. The van der Waals surface area contributed by atoms with E-state index in [0.29, 0.717) is 22.2 Å². The predicted molar refractivity (Wildman–Crippen MR) is 112 cm³/mol. The number of nitriles is 1. The van der Waals surface area contributed by atoms with Crippen molar-refractivity contribution < 1.29 is 0 Å². The number of aryl methyl sites for hydroxylation is 3. The van der Waals surface area contributed by atoms with Crippen LogP contribution in [0.25, 0.3) is 5.82 Å². The van der Waals surface area contributed by atoms with Crippen LogP contribution in [0.3, 0.4) is 0 Å². The van der Waals surface area contributed by atoms with Gasteiger partial charge in [-0.1, -0.05) is 11.6 Å². The van der Waals surface area contributed by atoms with E-state index in [2.05, 4.69) is 35.9 Å². The fourth-order valence-corrected chi connectivity index (χ4v) is 3.83. The highest BCUT2D eigenvalue weighted by Gasteiger charge is 2.22. The summed E-state index contributed by atoms with van der Waals surface area (Å²) in [5.74, 6) is 3.09. The van der Waals surface area contributed by atoms with E-state index >= 15 is 0 Å². The number of aromatic nitrogens is 5. The molecule has 3 aromatic rings. The van der Waals surface area contributed by atoms with Crippen LogP contribution < -0.4 is 9.80 Å². The molecule has 4 heterocycles. The van der Waals surface area contributed by atoms with Crippen LogP contribution in [0.5, 0.6) is 0 Å². The Morgan fingerprint density at radius 3 is 2.28 bits per heavy atom. The van der Waals surface area contributed by atoms with E-state index in [1.54, 1.807) is 12.3 Å². The lowest BCUT2D eigenvalue weighted by atomic mass is 10.2. The van der Waals surface area contributed by atoms with Gasteiger partial charge in [-0.15, -0.1) is 0 Å². The molecule has 9 heteroatoms. The number of nitrogens with zero attached hydrogens (tertiary/aromatic N) is 8. The molecule has 1 aliphatic rings. The first-order chi connectivity index (χ1) is 13.9. The van der Waals surface area contributed by atoms with Crippen molar-refractivity contribution in [1.82, 2.24) is 24.7 Å². The molecule has 148 valence electrons. The molecule has 0 saturated carbocycles. The van der Waals surface area contributed by atoms with Crippen LogP contribution in [0, 0.1) is 32.1 Å². The number of piperazine rings is 1. The molecule has 8 nitrogen and oxygen atoms in total. The molecule has 0 aliphatic carbocycles. The first-order valence-corrected chi connectivity index (χ1v) is 9.77. The van der Waals surface area contributed by atoms with Crippen molar-refractivity contribution >= 4 is 23.2 Å². The Hall–Kier alpha value is -3.18. The van der Waals surface area contributed by atoms with Gasteiger partial charge in [0.2, 0.25) is 0 Å². The molecule has 0 bridgehead atoms. The Labute approximate surface area is 174 Å². The predicted octanol–water partition coefficient (Wildman–Crippen LogP) is 2.83. The Morgan fingerprint density at radius 1 is 0.966 bits per heavy atom. The van der Waals surface area contributed by atoms with Crippen molar-refractivity contribution in [1.29, 1.82) is 5.26 Å². The zero-order valence-electron chi connectivity index (χ0n) is 16.6. The molecule has 4 rings (SSSR count). The van der Waals surface area contributed by atoms with Crippen molar-refractivity contribution in [2.45, 2.75) is 20.8 Å². The van der Waals surface area contributed by atoms with Gasteiger partial charge >= 0.3 is 0 Å². The lowest BCUT2D eigenvalue weighted by Gasteiger charge is -2.36. The third-order valence-electron chi connectivity index (χ3n) is 4.89. The first-order valence-electron chi connectivity index (χ1n) is 9.39. The summed E-state index contributed by atoms with van der Waals surface area (Å²) in [5.41, 5.74) is 2.46. The topological polar surface area (TPSA) is 86.8 Å². The number of pyridine rings is 1. The van der Waals surface area contributed by atoms with E-state index in [1.807, 2.05) is 37.6 Å². The van der Waals surface area contributed by atoms with Crippen LogP contribution in [-0.2, 0) is 0 Å². The van der Waals surface area contributed by atoms with Gasteiger partial charge in [-0.3, -0.25) is 0 Å². The fourth-order valence-electron chi connectivity index (χ4n) is 3.54. The summed E-state index contributed by atoms with van der Waals surface area (Å²) >= 11 is 6.32. The molecule has 3 aromatic heterocycles. The van der Waals surface area contributed by atoms with Crippen LogP contribution in [0.15, 0.2) is 24.4 Å². The first kappa shape index (κ1) is 19.2. The van der Waals surface area contributed by atoms with Crippen LogP contribution >= 0.6 is 11.6 Å². The quantitative estimate of drug-likeness (QED) is 0.658. The molecular weight excluding hydrogens is 388 g/mol. The van der Waals surface area contributed by atoms with Crippen molar-refractivity contribution in [3.05, 3.63) is 52.2 Å². The van der Waals surface area contributed by atoms with Crippen molar-refractivity contribution in [3.63, 3.8) is 0 Å². The molecule has 0 atom stereocenters. The largest absolute Gasteiger partial charge is 0.353 e. The minimum absolute atomic E-state index is 0.463. The van der Waals surface area contributed by atoms with E-state index in [4.69, 9.17) is 16.9 Å². The molecule has 0 amide bonds. The summed E-state index contributed by atoms with van der Waals surface area (Å²) in [6.07, 6.45) is 1.56. The number of halogens is 1. The van der Waals surface area contributed by atoms with Gasteiger partial charge in [0, 0.05) is 44.1 Å². The van der Waals surface area contributed by atoms with E-state index in [1.165, 1.54) is 0 Å². The summed E-state index contributed by atoms with van der Waals surface area (Å²) in [6.45, 7) is 8.98. The SMILES string of the molecule is Cc1cc(C)n(-c2cc(N3CCN(c4ncc(C#N)cc4Cl)CC3)nc(C)n2)n1. The highest BCUT2D eigenvalue weighted by molar-refractivity contribution is 6.33. The summed E-state index contributed by atoms with van der Waals surface area (Å²) in [6, 6.07) is 7.73. The molecule has 29 heavy (non-hydrogen) atoms. The molecule has 1 fully saturated rings. The molecule has 0 N–H and O–H groups in total. The summed E-state index contributed by atoms with van der Waals surface area (Å²) in [4.78, 5) is 17.9. The average molecular weight is 409 g/mol. The minimum Gasteiger partial charge on any atom is -0.353 e. The van der Waals surface area contributed by atoms with E-state index in [0.717, 1.165) is 49.2 Å². The van der Waals surface area contributed by atoms with Gasteiger partial charge in [0.25, 0.3) is 0 Å². The monoisotopic (exact) mass is 408 g/mol. The molecule has 0 radical (unpaired) electrons. The highest BCUT2D eigenvalue weighted by Crippen LogP contribution is 2.26. The molecule has 0 spiro atoms. The van der Waals surface area contributed by atoms with Gasteiger partial charge in [0.1, 0.15) is 23.5 Å². The number of rotatable bonds is 3. The smallest absolute Gasteiger partial charge is 0.159 e. The summed E-state index contributed by atoms with van der Waals surface area (Å²) in [7, 11) is 0. The second-order valence-corrected chi connectivity index (χ2v) is 7.49. The van der Waals surface area contributed by atoms with Crippen LogP contribution in [-0.4, -0.2) is 50.9 Å². The Kier molecular flexibility index (Phi) is 5.07. The van der Waals surface area contributed by atoms with Crippen LogP contribution in [0.1, 0.15) is 22.8 Å². The van der Waals surface area contributed by atoms with Crippen molar-refractivity contribution in [2.24, 2.45) is 0 Å². The van der Waals surface area contributed by atoms with Gasteiger partial charge in [0.05, 0.1) is 16.3 Å². The average Bonchev–Trinajstić information content (AvgIpc) is 3.05. The molecule has 0 unspecified atom stereocenters. The number of hydrogen-bond donors (Lipinski definition) is 0. The van der Waals surface area contributed by atoms with Gasteiger partial charge in [-0.05, 0) is 32.9 Å². The summed E-state index contributed by atoms with van der Waals surface area (Å²) < 4.78 is 1.85. The Morgan fingerprint density at radius 2 is 1.66 bits per heavy atom. The standard InChI is InChI=1S/C20H21ClN8/c1-13-8-14(2)29(26-13)19-10-18(24-15(3)25-19)27-4-6-28(7-5-27)20-17(21)9-16(11-22)12-23-20/h8-10,12H,4-7H2,1-3H3. The Balaban J connectivity index is 1.53. The maximum atomic E-state index is 8.98. The normalized spacial score (nSPS) is 14.2. The lowest BCUT2D eigenvalue weighted by molar-refractivity contribution is 0.639. The molecular formula is C20H21ClN8. The van der Waals surface area contributed by atoms with Gasteiger partial charge in [0.15, 0.2) is 5.82 Å². The summed E-state index contributed by atoms with van der Waals surface area (Å²) in [5, 5.41) is 14.0. The van der Waals surface area contributed by atoms with Crippen molar-refractivity contribution in [2.75, 3.05) is 36.0 Å². The van der Waals surface area contributed by atoms with E-state index in [9.17, 15) is 0 Å². The third kappa shape index (κ3) is 3.87. The highest BCUT2D eigenvalue weighted by atomic mass is 35.5. The zero-order chi connectivity index (χ0) is 20.5. The molecule has 0 aromatic carbocycles. The molecule has 1 aliphatic heterocycles. The maximum absolute atomic E-state index is 8.98. The van der Waals surface area contributed by atoms with Gasteiger partial charge < -0.3 is 9.80 Å². The van der Waals surface area contributed by atoms with Gasteiger partial charge in [-0.25, -0.2) is 19.6 Å². The number of hydrogen-bond acceptors (Lipinski definition) is 7.